The van der Waals surface area contributed by atoms with Gasteiger partial charge in [0.25, 0.3) is 0 Å². The number of hydrogen-bond acceptors (Lipinski definition) is 5. The van der Waals surface area contributed by atoms with Crippen LogP contribution in [0.4, 0.5) is 16.3 Å². The SMILES string of the molecule is Cn1nc(C(C)(C)C)cc1NC(=O)Nc1ccc(OCCN2CCOC(Cc3ccccc3)C2)c2ccccc12. The van der Waals surface area contributed by atoms with Gasteiger partial charge in [0.1, 0.15) is 18.2 Å². The van der Waals surface area contributed by atoms with Crippen molar-refractivity contribution in [1.82, 2.24) is 14.7 Å². The fourth-order valence-electron chi connectivity index (χ4n) is 5.00. The van der Waals surface area contributed by atoms with Crippen LogP contribution >= 0.6 is 0 Å². The number of nitrogens with zero attached hydrogens (tertiary/aromatic N) is 3. The molecule has 1 atom stereocenters. The maximum Gasteiger partial charge on any atom is 0.324 e. The monoisotopic (exact) mass is 541 g/mol. The molecule has 4 aromatic rings. The number of morpholine rings is 1. The Morgan fingerprint density at radius 3 is 2.52 bits per heavy atom. The first-order valence-corrected chi connectivity index (χ1v) is 13.9. The van der Waals surface area contributed by atoms with Crippen LogP contribution in [0.5, 0.6) is 5.75 Å². The fraction of sp³-hybridized carbons (Fsp3) is 0.375. The molecule has 1 saturated heterocycles. The summed E-state index contributed by atoms with van der Waals surface area (Å²) in [7, 11) is 1.83. The topological polar surface area (TPSA) is 80.7 Å². The van der Waals surface area contributed by atoms with E-state index in [0.717, 1.165) is 60.6 Å². The highest BCUT2D eigenvalue weighted by Gasteiger charge is 2.22. The van der Waals surface area contributed by atoms with E-state index in [0.29, 0.717) is 12.4 Å². The third-order valence-electron chi connectivity index (χ3n) is 7.22. The van der Waals surface area contributed by atoms with Crippen LogP contribution < -0.4 is 15.4 Å². The van der Waals surface area contributed by atoms with Crippen molar-refractivity contribution in [2.24, 2.45) is 7.05 Å². The second-order valence-corrected chi connectivity index (χ2v) is 11.4. The van der Waals surface area contributed by atoms with Crippen LogP contribution in [0.2, 0.25) is 0 Å². The van der Waals surface area contributed by atoms with Crippen LogP contribution in [0, 0.1) is 0 Å². The molecule has 1 aliphatic heterocycles. The van der Waals surface area contributed by atoms with Gasteiger partial charge in [-0.2, -0.15) is 5.10 Å². The Kier molecular flexibility index (Phi) is 8.38. The maximum absolute atomic E-state index is 12.9. The van der Waals surface area contributed by atoms with E-state index in [2.05, 4.69) is 65.7 Å². The van der Waals surface area contributed by atoms with Crippen molar-refractivity contribution in [3.05, 3.63) is 84.1 Å². The summed E-state index contributed by atoms with van der Waals surface area (Å²) >= 11 is 0. The van der Waals surface area contributed by atoms with Gasteiger partial charge in [0.05, 0.1) is 24.1 Å². The minimum atomic E-state index is -0.320. The lowest BCUT2D eigenvalue weighted by atomic mass is 9.92. The summed E-state index contributed by atoms with van der Waals surface area (Å²) in [4.78, 5) is 15.3. The molecule has 0 bridgehead atoms. The Labute approximate surface area is 236 Å². The molecule has 1 unspecified atom stereocenters. The summed E-state index contributed by atoms with van der Waals surface area (Å²) in [6, 6.07) is 23.9. The Bertz CT molecular complexity index is 1440. The zero-order valence-electron chi connectivity index (χ0n) is 23.8. The van der Waals surface area contributed by atoms with Gasteiger partial charge in [0.2, 0.25) is 0 Å². The quantitative estimate of drug-likeness (QED) is 0.293. The number of benzene rings is 3. The van der Waals surface area contributed by atoms with Crippen molar-refractivity contribution >= 4 is 28.3 Å². The second kappa shape index (κ2) is 12.1. The molecule has 1 aromatic heterocycles. The number of aromatic nitrogens is 2. The molecule has 2 amide bonds. The summed E-state index contributed by atoms with van der Waals surface area (Å²) in [5, 5.41) is 12.3. The van der Waals surface area contributed by atoms with Crippen molar-refractivity contribution in [1.29, 1.82) is 0 Å². The molecule has 40 heavy (non-hydrogen) atoms. The molecule has 0 spiro atoms. The van der Waals surface area contributed by atoms with Crippen molar-refractivity contribution < 1.29 is 14.3 Å². The molecular weight excluding hydrogens is 502 g/mol. The lowest BCUT2D eigenvalue weighted by Gasteiger charge is -2.33. The van der Waals surface area contributed by atoms with Gasteiger partial charge in [-0.05, 0) is 24.1 Å². The molecule has 1 fully saturated rings. The van der Waals surface area contributed by atoms with Crippen LogP contribution in [0.25, 0.3) is 10.8 Å². The first-order chi connectivity index (χ1) is 19.3. The van der Waals surface area contributed by atoms with Gasteiger partial charge >= 0.3 is 6.03 Å². The summed E-state index contributed by atoms with van der Waals surface area (Å²) in [5.74, 6) is 1.44. The third kappa shape index (κ3) is 6.81. The molecule has 2 heterocycles. The van der Waals surface area contributed by atoms with E-state index >= 15 is 0 Å². The molecule has 3 aromatic carbocycles. The minimum Gasteiger partial charge on any atom is -0.492 e. The average Bonchev–Trinajstić information content (AvgIpc) is 3.31. The minimum absolute atomic E-state index is 0.105. The highest BCUT2D eigenvalue weighted by atomic mass is 16.5. The van der Waals surface area contributed by atoms with Gasteiger partial charge < -0.3 is 14.8 Å². The zero-order chi connectivity index (χ0) is 28.1. The van der Waals surface area contributed by atoms with E-state index in [9.17, 15) is 4.79 Å². The van der Waals surface area contributed by atoms with E-state index < -0.39 is 0 Å². The van der Waals surface area contributed by atoms with Gasteiger partial charge in [0, 0.05) is 48.9 Å². The Hall–Kier alpha value is -3.88. The summed E-state index contributed by atoms with van der Waals surface area (Å²) < 4.78 is 14.0. The van der Waals surface area contributed by atoms with Crippen LogP contribution in [0.1, 0.15) is 32.0 Å². The normalized spacial score (nSPS) is 16.1. The highest BCUT2D eigenvalue weighted by Crippen LogP contribution is 2.32. The number of hydrogen-bond donors (Lipinski definition) is 2. The summed E-state index contributed by atoms with van der Waals surface area (Å²) in [5.41, 5.74) is 2.83. The lowest BCUT2D eigenvalue weighted by Crippen LogP contribution is -2.44. The van der Waals surface area contributed by atoms with E-state index in [-0.39, 0.29) is 17.6 Å². The van der Waals surface area contributed by atoms with Crippen molar-refractivity contribution in [2.75, 3.05) is 43.5 Å². The Morgan fingerprint density at radius 1 is 1.02 bits per heavy atom. The van der Waals surface area contributed by atoms with Gasteiger partial charge in [-0.25, -0.2) is 4.79 Å². The number of nitrogens with one attached hydrogen (secondary N) is 2. The van der Waals surface area contributed by atoms with Crippen LogP contribution in [-0.4, -0.2) is 59.7 Å². The highest BCUT2D eigenvalue weighted by molar-refractivity contribution is 6.07. The number of rotatable bonds is 8. The fourth-order valence-corrected chi connectivity index (χ4v) is 5.00. The van der Waals surface area contributed by atoms with Gasteiger partial charge in [-0.3, -0.25) is 14.9 Å². The summed E-state index contributed by atoms with van der Waals surface area (Å²) in [6.07, 6.45) is 1.11. The molecule has 0 aliphatic carbocycles. The van der Waals surface area contributed by atoms with Gasteiger partial charge in [-0.15, -0.1) is 0 Å². The molecule has 210 valence electrons. The molecule has 1 aliphatic rings. The van der Waals surface area contributed by atoms with Crippen LogP contribution in [0.15, 0.2) is 72.8 Å². The molecule has 2 N–H and O–H groups in total. The number of urea groups is 1. The number of aryl methyl sites for hydroxylation is 1. The predicted octanol–water partition coefficient (Wildman–Crippen LogP) is 5.84. The largest absolute Gasteiger partial charge is 0.492 e. The average molecular weight is 542 g/mol. The van der Waals surface area contributed by atoms with Crippen molar-refractivity contribution in [3.8, 4) is 5.75 Å². The van der Waals surface area contributed by atoms with E-state index in [1.54, 1.807) is 4.68 Å². The second-order valence-electron chi connectivity index (χ2n) is 11.4. The number of amides is 2. The third-order valence-corrected chi connectivity index (χ3v) is 7.22. The maximum atomic E-state index is 12.9. The van der Waals surface area contributed by atoms with Crippen molar-refractivity contribution in [3.63, 3.8) is 0 Å². The number of carbonyl (C=O) groups excluding carboxylic acids is 1. The molecule has 8 nitrogen and oxygen atoms in total. The first-order valence-electron chi connectivity index (χ1n) is 13.9. The molecule has 5 rings (SSSR count). The zero-order valence-corrected chi connectivity index (χ0v) is 23.8. The van der Waals surface area contributed by atoms with E-state index in [4.69, 9.17) is 9.47 Å². The van der Waals surface area contributed by atoms with Crippen LogP contribution in [0.3, 0.4) is 0 Å². The van der Waals surface area contributed by atoms with E-state index in [1.165, 1.54) is 5.56 Å². The molecule has 0 saturated carbocycles. The molecular formula is C32H39N5O3. The van der Waals surface area contributed by atoms with Gasteiger partial charge in [-0.1, -0.05) is 75.4 Å². The van der Waals surface area contributed by atoms with Crippen molar-refractivity contribution in [2.45, 2.75) is 38.7 Å². The summed E-state index contributed by atoms with van der Waals surface area (Å²) in [6.45, 7) is 10.2. The van der Waals surface area contributed by atoms with Crippen LogP contribution in [-0.2, 0) is 23.6 Å². The lowest BCUT2D eigenvalue weighted by molar-refractivity contribution is -0.0304. The number of carbonyl (C=O) groups is 1. The number of anilines is 2. The number of fused-ring (bicyclic) bond motifs is 1. The standard InChI is InChI=1S/C32H39N5O3/c1-32(2,3)29-21-30(36(4)35-29)34-31(38)33-27-14-15-28(26-13-9-8-12-25(26)27)40-19-17-37-16-18-39-24(22-37)20-23-10-6-5-7-11-23/h5-15,21,24H,16-20,22H2,1-4H3,(H2,33,34,38). The Morgan fingerprint density at radius 2 is 1.77 bits per heavy atom. The van der Waals surface area contributed by atoms with Gasteiger partial charge in [0.15, 0.2) is 0 Å². The smallest absolute Gasteiger partial charge is 0.324 e. The molecule has 0 radical (unpaired) electrons. The predicted molar refractivity (Wildman–Crippen MR) is 160 cm³/mol. The Balaban J connectivity index is 1.19. The van der Waals surface area contributed by atoms with E-state index in [1.807, 2.05) is 55.6 Å². The molecule has 8 heteroatoms. The first kappa shape index (κ1) is 27.7. The number of ether oxygens (including phenoxy) is 2.